The fourth-order valence-electron chi connectivity index (χ4n) is 3.82. The SMILES string of the molecule is CC(=O)NCC1CN(c2ccc(N3CCC(n4ccnn4)[C@@H](F)C3)c(F)c2)C(=O)O1. The van der Waals surface area contributed by atoms with Gasteiger partial charge in [-0.1, -0.05) is 5.21 Å². The molecule has 0 spiro atoms. The van der Waals surface area contributed by atoms with Gasteiger partial charge in [-0.3, -0.25) is 9.69 Å². The second-order valence-corrected chi connectivity index (χ2v) is 7.39. The Bertz CT molecular complexity index is 925. The topological polar surface area (TPSA) is 92.6 Å². The minimum Gasteiger partial charge on any atom is -0.442 e. The first kappa shape index (κ1) is 20.0. The number of ether oxygens (including phenoxy) is 1. The number of hydrogen-bond donors (Lipinski definition) is 1. The van der Waals surface area contributed by atoms with Crippen molar-refractivity contribution in [3.63, 3.8) is 0 Å². The van der Waals surface area contributed by atoms with Gasteiger partial charge in [-0.15, -0.1) is 5.10 Å². The highest BCUT2D eigenvalue weighted by Crippen LogP contribution is 2.32. The summed E-state index contributed by atoms with van der Waals surface area (Å²) in [6.07, 6.45) is 1.26. The minimum atomic E-state index is -1.22. The van der Waals surface area contributed by atoms with Gasteiger partial charge in [0, 0.05) is 19.7 Å². The molecule has 3 atom stereocenters. The molecule has 9 nitrogen and oxygen atoms in total. The predicted molar refractivity (Wildman–Crippen MR) is 103 cm³/mol. The summed E-state index contributed by atoms with van der Waals surface area (Å²) in [5, 5.41) is 10.2. The average molecular weight is 420 g/mol. The van der Waals surface area contributed by atoms with E-state index in [2.05, 4.69) is 15.6 Å². The third-order valence-electron chi connectivity index (χ3n) is 5.32. The van der Waals surface area contributed by atoms with Gasteiger partial charge in [0.2, 0.25) is 5.91 Å². The fourth-order valence-corrected chi connectivity index (χ4v) is 3.82. The average Bonchev–Trinajstić information content (AvgIpc) is 3.36. The number of amides is 2. The van der Waals surface area contributed by atoms with Gasteiger partial charge >= 0.3 is 6.09 Å². The molecule has 2 saturated heterocycles. The Kier molecular flexibility index (Phi) is 5.51. The summed E-state index contributed by atoms with van der Waals surface area (Å²) >= 11 is 0. The van der Waals surface area contributed by atoms with Crippen molar-refractivity contribution in [1.29, 1.82) is 0 Å². The van der Waals surface area contributed by atoms with Gasteiger partial charge < -0.3 is 15.0 Å². The Morgan fingerprint density at radius 1 is 1.37 bits per heavy atom. The van der Waals surface area contributed by atoms with E-state index in [4.69, 9.17) is 4.74 Å². The van der Waals surface area contributed by atoms with Crippen LogP contribution in [0.4, 0.5) is 25.0 Å². The largest absolute Gasteiger partial charge is 0.442 e. The van der Waals surface area contributed by atoms with Crippen LogP contribution in [0.25, 0.3) is 0 Å². The first-order valence-electron chi connectivity index (χ1n) is 9.69. The van der Waals surface area contributed by atoms with Crippen LogP contribution < -0.4 is 15.1 Å². The Morgan fingerprint density at radius 3 is 2.87 bits per heavy atom. The zero-order valence-electron chi connectivity index (χ0n) is 16.4. The molecule has 4 rings (SSSR count). The van der Waals surface area contributed by atoms with E-state index < -0.39 is 30.2 Å². The van der Waals surface area contributed by atoms with Crippen LogP contribution in [0, 0.1) is 5.82 Å². The third kappa shape index (κ3) is 4.05. The fraction of sp³-hybridized carbons (Fsp3) is 0.474. The molecule has 3 heterocycles. The van der Waals surface area contributed by atoms with Crippen molar-refractivity contribution >= 4 is 23.4 Å². The summed E-state index contributed by atoms with van der Waals surface area (Å²) in [5.41, 5.74) is 0.627. The lowest BCUT2D eigenvalue weighted by atomic mass is 10.0. The molecular formula is C19H22F2N6O3. The number of nitrogens with one attached hydrogen (secondary N) is 1. The summed E-state index contributed by atoms with van der Waals surface area (Å²) in [7, 11) is 0. The summed E-state index contributed by atoms with van der Waals surface area (Å²) in [4.78, 5) is 26.1. The van der Waals surface area contributed by atoms with E-state index in [0.717, 1.165) is 0 Å². The van der Waals surface area contributed by atoms with E-state index in [-0.39, 0.29) is 31.2 Å². The van der Waals surface area contributed by atoms with Gasteiger partial charge in [0.1, 0.15) is 18.1 Å². The standard InChI is InChI=1S/C19H22F2N6O3/c1-12(28)22-9-14-10-26(19(29)30-14)13-2-3-17(15(20)8-13)25-6-4-18(16(21)11-25)27-7-5-23-24-27/h2-3,5,7-8,14,16,18H,4,6,9-11H2,1H3,(H,22,28)/t14?,16-,18?/m0/s1. The third-order valence-corrected chi connectivity index (χ3v) is 5.32. The van der Waals surface area contributed by atoms with Gasteiger partial charge in [-0.25, -0.2) is 18.3 Å². The molecule has 0 saturated carbocycles. The van der Waals surface area contributed by atoms with Crippen molar-refractivity contribution in [2.45, 2.75) is 31.7 Å². The van der Waals surface area contributed by atoms with E-state index in [1.165, 1.54) is 28.8 Å². The second kappa shape index (κ2) is 8.25. The van der Waals surface area contributed by atoms with Crippen LogP contribution in [-0.2, 0) is 9.53 Å². The summed E-state index contributed by atoms with van der Waals surface area (Å²) in [6, 6.07) is 3.97. The van der Waals surface area contributed by atoms with Gasteiger partial charge in [0.05, 0.1) is 43.2 Å². The molecule has 1 aromatic heterocycles. The lowest BCUT2D eigenvalue weighted by Crippen LogP contribution is -2.43. The van der Waals surface area contributed by atoms with Crippen molar-refractivity contribution in [2.24, 2.45) is 0 Å². The van der Waals surface area contributed by atoms with E-state index in [9.17, 15) is 18.4 Å². The Hall–Kier alpha value is -3.24. The van der Waals surface area contributed by atoms with Crippen molar-refractivity contribution in [1.82, 2.24) is 20.3 Å². The Labute approximate surface area is 171 Å². The van der Waals surface area contributed by atoms with Crippen molar-refractivity contribution < 1.29 is 23.1 Å². The van der Waals surface area contributed by atoms with E-state index >= 15 is 0 Å². The number of halogens is 2. The molecule has 1 aromatic carbocycles. The first-order chi connectivity index (χ1) is 14.4. The van der Waals surface area contributed by atoms with Gasteiger partial charge in [0.15, 0.2) is 0 Å². The molecule has 2 fully saturated rings. The van der Waals surface area contributed by atoms with Crippen molar-refractivity contribution in [3.8, 4) is 0 Å². The van der Waals surface area contributed by atoms with Crippen LogP contribution in [0.15, 0.2) is 30.6 Å². The monoisotopic (exact) mass is 420 g/mol. The van der Waals surface area contributed by atoms with Gasteiger partial charge in [0.25, 0.3) is 0 Å². The van der Waals surface area contributed by atoms with E-state index in [1.807, 2.05) is 0 Å². The predicted octanol–water partition coefficient (Wildman–Crippen LogP) is 1.67. The maximum Gasteiger partial charge on any atom is 0.414 e. The number of nitrogens with zero attached hydrogens (tertiary/aromatic N) is 5. The van der Waals surface area contributed by atoms with E-state index in [0.29, 0.717) is 18.7 Å². The zero-order valence-corrected chi connectivity index (χ0v) is 16.4. The number of benzene rings is 1. The molecule has 1 N–H and O–H groups in total. The number of rotatable bonds is 5. The Balaban J connectivity index is 1.42. The van der Waals surface area contributed by atoms with Crippen LogP contribution in [-0.4, -0.2) is 65.4 Å². The number of alkyl halides is 1. The normalized spacial score (nSPS) is 24.1. The summed E-state index contributed by atoms with van der Waals surface area (Å²) < 4.78 is 36.2. The Morgan fingerprint density at radius 2 is 2.20 bits per heavy atom. The number of aromatic nitrogens is 3. The molecule has 2 aromatic rings. The number of hydrogen-bond acceptors (Lipinski definition) is 6. The van der Waals surface area contributed by atoms with Gasteiger partial charge in [-0.05, 0) is 24.6 Å². The quantitative estimate of drug-likeness (QED) is 0.791. The van der Waals surface area contributed by atoms with Crippen LogP contribution in [0.3, 0.4) is 0 Å². The van der Waals surface area contributed by atoms with Crippen LogP contribution >= 0.6 is 0 Å². The summed E-state index contributed by atoms with van der Waals surface area (Å²) in [5.74, 6) is -0.768. The lowest BCUT2D eigenvalue weighted by molar-refractivity contribution is -0.119. The summed E-state index contributed by atoms with van der Waals surface area (Å²) in [6.45, 7) is 2.26. The number of anilines is 2. The molecule has 0 radical (unpaired) electrons. The van der Waals surface area contributed by atoms with Crippen LogP contribution in [0.5, 0.6) is 0 Å². The minimum absolute atomic E-state index is 0.0331. The van der Waals surface area contributed by atoms with Gasteiger partial charge in [-0.2, -0.15) is 0 Å². The molecule has 0 aliphatic carbocycles. The van der Waals surface area contributed by atoms with Crippen LogP contribution in [0.1, 0.15) is 19.4 Å². The molecule has 30 heavy (non-hydrogen) atoms. The van der Waals surface area contributed by atoms with Crippen LogP contribution in [0.2, 0.25) is 0 Å². The highest BCUT2D eigenvalue weighted by molar-refractivity contribution is 5.90. The number of carbonyl (C=O) groups excluding carboxylic acids is 2. The lowest BCUT2D eigenvalue weighted by Gasteiger charge is -2.36. The molecule has 160 valence electrons. The number of piperidine rings is 1. The molecule has 0 bridgehead atoms. The maximum absolute atomic E-state index is 14.8. The number of carbonyl (C=O) groups is 2. The van der Waals surface area contributed by atoms with Crippen molar-refractivity contribution in [3.05, 3.63) is 36.4 Å². The van der Waals surface area contributed by atoms with E-state index in [1.54, 1.807) is 23.2 Å². The first-order valence-corrected chi connectivity index (χ1v) is 9.69. The molecule has 2 amide bonds. The zero-order chi connectivity index (χ0) is 21.3. The molecular weight excluding hydrogens is 398 g/mol. The maximum atomic E-state index is 14.8. The highest BCUT2D eigenvalue weighted by atomic mass is 19.1. The highest BCUT2D eigenvalue weighted by Gasteiger charge is 2.34. The molecule has 11 heteroatoms. The second-order valence-electron chi connectivity index (χ2n) is 7.39. The smallest absolute Gasteiger partial charge is 0.414 e. The molecule has 2 unspecified atom stereocenters. The van der Waals surface area contributed by atoms with Crippen molar-refractivity contribution in [2.75, 3.05) is 36.0 Å². The number of cyclic esters (lactones) is 1. The molecule has 2 aliphatic heterocycles. The molecule has 2 aliphatic rings.